The largest absolute Gasteiger partial charge is 0.497 e. The Kier molecular flexibility index (Phi) is 3.25. The van der Waals surface area contributed by atoms with Crippen LogP contribution in [0.2, 0.25) is 0 Å². The number of benzene rings is 1. The number of ketones is 1. The normalized spacial score (nSPS) is 15.4. The first kappa shape index (κ1) is 13.1. The second-order valence-corrected chi connectivity index (χ2v) is 4.43. The number of methoxy groups -OCH3 is 1. The lowest BCUT2D eigenvalue weighted by Crippen LogP contribution is -2.38. The number of rotatable bonds is 4. The van der Waals surface area contributed by atoms with Crippen molar-refractivity contribution in [1.82, 2.24) is 0 Å². The van der Waals surface area contributed by atoms with Gasteiger partial charge in [0.25, 0.3) is 11.7 Å². The van der Waals surface area contributed by atoms with E-state index in [0.29, 0.717) is 17.0 Å². The molecule has 0 radical (unpaired) electrons. The Bertz CT molecular complexity index is 568. The molecular weight excluding hydrogens is 248 g/mol. The van der Waals surface area contributed by atoms with Crippen molar-refractivity contribution in [3.63, 3.8) is 0 Å². The van der Waals surface area contributed by atoms with Crippen molar-refractivity contribution >= 4 is 23.3 Å². The summed E-state index contributed by atoms with van der Waals surface area (Å²) < 4.78 is 5.02. The Labute approximate surface area is 110 Å². The van der Waals surface area contributed by atoms with Crippen LogP contribution in [0.4, 0.5) is 5.69 Å². The predicted octanol–water partition coefficient (Wildman–Crippen LogP) is 0.346. The maximum absolute atomic E-state index is 11.9. The van der Waals surface area contributed by atoms with Crippen LogP contribution in [0, 0.1) is 5.92 Å². The molecule has 1 aromatic carbocycles. The molecule has 2 rings (SSSR count). The molecule has 19 heavy (non-hydrogen) atoms. The summed E-state index contributed by atoms with van der Waals surface area (Å²) in [4.78, 5) is 36.1. The van der Waals surface area contributed by atoms with Crippen LogP contribution >= 0.6 is 0 Å². The molecule has 0 fully saturated rings. The van der Waals surface area contributed by atoms with Gasteiger partial charge in [-0.3, -0.25) is 14.4 Å². The summed E-state index contributed by atoms with van der Waals surface area (Å²) in [6, 6.07) is 4.81. The second-order valence-electron chi connectivity index (χ2n) is 4.43. The van der Waals surface area contributed by atoms with Crippen molar-refractivity contribution in [1.29, 1.82) is 0 Å². The lowest BCUT2D eigenvalue weighted by Gasteiger charge is -2.19. The number of carbonyl (C=O) groups excluding carboxylic acids is 3. The van der Waals surface area contributed by atoms with Gasteiger partial charge < -0.3 is 15.4 Å². The first-order valence-electron chi connectivity index (χ1n) is 5.79. The van der Waals surface area contributed by atoms with Gasteiger partial charge in [-0.15, -0.1) is 0 Å². The molecule has 1 aromatic rings. The van der Waals surface area contributed by atoms with E-state index in [4.69, 9.17) is 10.5 Å². The molecule has 0 spiro atoms. The highest BCUT2D eigenvalue weighted by Crippen LogP contribution is 2.32. The maximum Gasteiger partial charge on any atom is 0.299 e. The van der Waals surface area contributed by atoms with Gasteiger partial charge in [-0.25, -0.2) is 0 Å². The second kappa shape index (κ2) is 4.72. The third-order valence-corrected chi connectivity index (χ3v) is 3.12. The number of nitrogens with zero attached hydrogens (tertiary/aromatic N) is 1. The third-order valence-electron chi connectivity index (χ3n) is 3.12. The fourth-order valence-corrected chi connectivity index (χ4v) is 1.95. The van der Waals surface area contributed by atoms with Crippen molar-refractivity contribution in [2.75, 3.05) is 18.6 Å². The van der Waals surface area contributed by atoms with Crippen LogP contribution in [0.3, 0.4) is 0 Å². The van der Waals surface area contributed by atoms with Crippen LogP contribution in [-0.4, -0.2) is 31.3 Å². The molecule has 0 aliphatic carbocycles. The summed E-state index contributed by atoms with van der Waals surface area (Å²) in [5.41, 5.74) is 5.96. The molecule has 2 N–H and O–H groups in total. The number of Topliss-reactive ketones (excluding diaryl/α,β-unsaturated/α-hetero) is 1. The molecule has 1 heterocycles. The van der Waals surface area contributed by atoms with Gasteiger partial charge in [0.15, 0.2) is 0 Å². The highest BCUT2D eigenvalue weighted by Gasteiger charge is 2.37. The van der Waals surface area contributed by atoms with Crippen LogP contribution in [0.1, 0.15) is 17.3 Å². The van der Waals surface area contributed by atoms with Gasteiger partial charge in [-0.1, -0.05) is 6.92 Å². The molecular formula is C13H14N2O4. The van der Waals surface area contributed by atoms with Gasteiger partial charge in [-0.2, -0.15) is 0 Å². The van der Waals surface area contributed by atoms with Crippen molar-refractivity contribution in [2.45, 2.75) is 6.92 Å². The Morgan fingerprint density at radius 2 is 2.11 bits per heavy atom. The Hall–Kier alpha value is -2.37. The lowest BCUT2D eigenvalue weighted by molar-refractivity contribution is -0.121. The zero-order valence-corrected chi connectivity index (χ0v) is 10.7. The molecule has 2 amide bonds. The number of hydrogen-bond donors (Lipinski definition) is 1. The molecule has 100 valence electrons. The summed E-state index contributed by atoms with van der Waals surface area (Å²) in [5.74, 6) is -1.77. The number of fused-ring (bicyclic) bond motifs is 1. The summed E-state index contributed by atoms with van der Waals surface area (Å²) in [7, 11) is 1.48. The molecule has 1 aliphatic heterocycles. The summed E-state index contributed by atoms with van der Waals surface area (Å²) in [6.45, 7) is 1.71. The smallest absolute Gasteiger partial charge is 0.299 e. The number of amides is 2. The van der Waals surface area contributed by atoms with E-state index < -0.39 is 23.5 Å². The molecule has 1 aliphatic rings. The minimum Gasteiger partial charge on any atom is -0.497 e. The molecule has 6 heteroatoms. The minimum atomic E-state index is -0.642. The van der Waals surface area contributed by atoms with Crippen LogP contribution in [-0.2, 0) is 9.59 Å². The average Bonchev–Trinajstić information content (AvgIpc) is 2.63. The minimum absolute atomic E-state index is 0.0965. The first-order chi connectivity index (χ1) is 8.95. The predicted molar refractivity (Wildman–Crippen MR) is 68.0 cm³/mol. The Balaban J connectivity index is 2.37. The van der Waals surface area contributed by atoms with Crippen molar-refractivity contribution in [2.24, 2.45) is 11.7 Å². The monoisotopic (exact) mass is 262 g/mol. The number of primary amides is 1. The molecule has 0 aromatic heterocycles. The summed E-state index contributed by atoms with van der Waals surface area (Å²) in [6.07, 6.45) is 0. The number of anilines is 1. The first-order valence-corrected chi connectivity index (χ1v) is 5.79. The Morgan fingerprint density at radius 1 is 1.42 bits per heavy atom. The third kappa shape index (κ3) is 2.16. The van der Waals surface area contributed by atoms with E-state index in [0.717, 1.165) is 0 Å². The average molecular weight is 262 g/mol. The maximum atomic E-state index is 11.9. The molecule has 1 unspecified atom stereocenters. The van der Waals surface area contributed by atoms with Gasteiger partial charge in [0, 0.05) is 6.54 Å². The van der Waals surface area contributed by atoms with E-state index in [9.17, 15) is 14.4 Å². The van der Waals surface area contributed by atoms with Crippen LogP contribution < -0.4 is 15.4 Å². The Morgan fingerprint density at radius 3 is 2.68 bits per heavy atom. The molecule has 1 atom stereocenters. The lowest BCUT2D eigenvalue weighted by atomic mass is 10.1. The van der Waals surface area contributed by atoms with E-state index in [1.54, 1.807) is 19.1 Å². The SMILES string of the molecule is COc1ccc2c(c1)C(=O)C(=O)N2CC(C)C(N)=O. The topological polar surface area (TPSA) is 89.7 Å². The van der Waals surface area contributed by atoms with E-state index in [1.165, 1.54) is 18.1 Å². The van der Waals surface area contributed by atoms with E-state index in [2.05, 4.69) is 0 Å². The zero-order valence-electron chi connectivity index (χ0n) is 10.7. The van der Waals surface area contributed by atoms with Gasteiger partial charge >= 0.3 is 0 Å². The van der Waals surface area contributed by atoms with Crippen molar-refractivity contribution in [3.8, 4) is 5.75 Å². The highest BCUT2D eigenvalue weighted by molar-refractivity contribution is 6.52. The standard InChI is InChI=1S/C13H14N2O4/c1-7(12(14)17)6-15-10-4-3-8(19-2)5-9(10)11(16)13(15)18/h3-5,7H,6H2,1-2H3,(H2,14,17). The number of ether oxygens (including phenoxy) is 1. The van der Waals surface area contributed by atoms with E-state index >= 15 is 0 Å². The van der Waals surface area contributed by atoms with Gasteiger partial charge in [0.2, 0.25) is 5.91 Å². The van der Waals surface area contributed by atoms with Gasteiger partial charge in [0.05, 0.1) is 24.3 Å². The molecule has 6 nitrogen and oxygen atoms in total. The number of carbonyl (C=O) groups is 3. The molecule has 0 saturated carbocycles. The summed E-state index contributed by atoms with van der Waals surface area (Å²) >= 11 is 0. The summed E-state index contributed by atoms with van der Waals surface area (Å²) in [5, 5.41) is 0. The van der Waals surface area contributed by atoms with E-state index in [-0.39, 0.29) is 6.54 Å². The van der Waals surface area contributed by atoms with Crippen LogP contribution in [0.5, 0.6) is 5.75 Å². The van der Waals surface area contributed by atoms with Crippen molar-refractivity contribution in [3.05, 3.63) is 23.8 Å². The van der Waals surface area contributed by atoms with Crippen LogP contribution in [0.15, 0.2) is 18.2 Å². The van der Waals surface area contributed by atoms with Gasteiger partial charge in [-0.05, 0) is 18.2 Å². The zero-order chi connectivity index (χ0) is 14.2. The number of hydrogen-bond acceptors (Lipinski definition) is 4. The number of nitrogens with two attached hydrogens (primary N) is 1. The fraction of sp³-hybridized carbons (Fsp3) is 0.308. The van der Waals surface area contributed by atoms with Crippen LogP contribution in [0.25, 0.3) is 0 Å². The van der Waals surface area contributed by atoms with Gasteiger partial charge in [0.1, 0.15) is 5.75 Å². The van der Waals surface area contributed by atoms with E-state index in [1.807, 2.05) is 0 Å². The molecule has 0 bridgehead atoms. The molecule has 0 saturated heterocycles. The van der Waals surface area contributed by atoms with Crippen molar-refractivity contribution < 1.29 is 19.1 Å². The fourth-order valence-electron chi connectivity index (χ4n) is 1.95. The quantitative estimate of drug-likeness (QED) is 0.792. The highest BCUT2D eigenvalue weighted by atomic mass is 16.5.